The molecular weight excluding hydrogens is 590 g/mol. The zero-order valence-electron chi connectivity index (χ0n) is 24.4. The van der Waals surface area contributed by atoms with Gasteiger partial charge in [0.2, 0.25) is 23.7 Å². The molecule has 2 saturated carbocycles. The molecule has 44 heavy (non-hydrogen) atoms. The Hall–Kier alpha value is -3.17. The number of halogens is 4. The molecule has 5 atom stereocenters. The van der Waals surface area contributed by atoms with E-state index in [4.69, 9.17) is 9.47 Å². The summed E-state index contributed by atoms with van der Waals surface area (Å²) in [6.07, 6.45) is -4.03. The number of aliphatic hydroxyl groups is 1. The normalized spacial score (nSPS) is 29.7. The van der Waals surface area contributed by atoms with E-state index in [1.807, 2.05) is 29.2 Å². The van der Waals surface area contributed by atoms with Crippen LogP contribution in [-0.4, -0.2) is 110 Å². The molecule has 15 heteroatoms. The number of methoxy groups -OCH3 is 1. The largest absolute Gasteiger partial charge is 0.497 e. The molecule has 2 saturated heterocycles. The van der Waals surface area contributed by atoms with Crippen LogP contribution in [0.4, 0.5) is 22.4 Å². The summed E-state index contributed by atoms with van der Waals surface area (Å²) < 4.78 is 63.9. The van der Waals surface area contributed by atoms with Gasteiger partial charge in [-0.05, 0) is 24.1 Å². The van der Waals surface area contributed by atoms with Gasteiger partial charge in [-0.15, -0.1) is 0 Å². The van der Waals surface area contributed by atoms with Crippen molar-refractivity contribution in [2.75, 3.05) is 39.8 Å². The third-order valence-corrected chi connectivity index (χ3v) is 8.89. The summed E-state index contributed by atoms with van der Waals surface area (Å²) in [4.78, 5) is 39.6. The number of aliphatic hydroxyl groups excluding tert-OH is 1. The number of alkyl halides is 4. The van der Waals surface area contributed by atoms with Gasteiger partial charge < -0.3 is 35.8 Å². The van der Waals surface area contributed by atoms with E-state index in [9.17, 15) is 37.1 Å². The quantitative estimate of drug-likeness (QED) is 0.229. The lowest BCUT2D eigenvalue weighted by Crippen LogP contribution is -2.56. The van der Waals surface area contributed by atoms with Crippen molar-refractivity contribution in [3.63, 3.8) is 0 Å². The molecule has 4 aliphatic rings. The first-order chi connectivity index (χ1) is 20.8. The summed E-state index contributed by atoms with van der Waals surface area (Å²) in [5.41, 5.74) is 0.973. The van der Waals surface area contributed by atoms with Crippen LogP contribution in [0.3, 0.4) is 0 Å². The fourth-order valence-electron chi connectivity index (χ4n) is 6.27. The Kier molecular flexibility index (Phi) is 9.56. The molecule has 1 aromatic rings. The molecule has 5 N–H and O–H groups in total. The van der Waals surface area contributed by atoms with Crippen molar-refractivity contribution in [1.29, 1.82) is 0 Å². The minimum Gasteiger partial charge on any atom is -0.497 e. The maximum Gasteiger partial charge on any atom is 0.407 e. The Morgan fingerprint density at radius 3 is 2.00 bits per heavy atom. The molecule has 2 aliphatic heterocycles. The summed E-state index contributed by atoms with van der Waals surface area (Å²) >= 11 is 0. The van der Waals surface area contributed by atoms with Crippen LogP contribution in [0, 0.1) is 11.8 Å². The van der Waals surface area contributed by atoms with Crippen LogP contribution in [0.2, 0.25) is 0 Å². The second-order valence-corrected chi connectivity index (χ2v) is 12.3. The summed E-state index contributed by atoms with van der Waals surface area (Å²) in [5.74, 6) is -7.75. The van der Waals surface area contributed by atoms with E-state index < -0.39 is 91.6 Å². The number of ether oxygens (including phenoxy) is 2. The van der Waals surface area contributed by atoms with E-state index in [1.54, 1.807) is 7.11 Å². The van der Waals surface area contributed by atoms with Crippen LogP contribution >= 0.6 is 0 Å². The highest BCUT2D eigenvalue weighted by molar-refractivity contribution is 5.82. The second kappa shape index (κ2) is 13.1. The maximum absolute atomic E-state index is 13.3. The number of hydrogen-bond donors (Lipinski definition) is 5. The molecule has 2 aliphatic carbocycles. The second-order valence-electron chi connectivity index (χ2n) is 12.3. The smallest absolute Gasteiger partial charge is 0.407 e. The van der Waals surface area contributed by atoms with Gasteiger partial charge in [0.15, 0.2) is 0 Å². The number of nitrogens with one attached hydrogen (secondary N) is 4. The fraction of sp³-hybridized carbons (Fsp3) is 0.690. The van der Waals surface area contributed by atoms with Gasteiger partial charge in [-0.1, -0.05) is 12.1 Å². The summed E-state index contributed by atoms with van der Waals surface area (Å²) in [7, 11) is 1.58. The van der Waals surface area contributed by atoms with Crippen LogP contribution in [0.25, 0.3) is 0 Å². The molecule has 1 aromatic carbocycles. The highest BCUT2D eigenvalue weighted by atomic mass is 19.3. The molecular formula is C29H39F4N5O6. The lowest BCUT2D eigenvalue weighted by Gasteiger charge is -2.36. The van der Waals surface area contributed by atoms with E-state index in [0.29, 0.717) is 18.7 Å². The Balaban J connectivity index is 1.10. The van der Waals surface area contributed by atoms with Crippen molar-refractivity contribution in [3.05, 3.63) is 29.8 Å². The minimum atomic E-state index is -2.87. The molecule has 2 heterocycles. The topological polar surface area (TPSA) is 141 Å². The predicted octanol–water partition coefficient (Wildman–Crippen LogP) is 1.04. The Morgan fingerprint density at radius 2 is 1.50 bits per heavy atom. The van der Waals surface area contributed by atoms with Crippen molar-refractivity contribution >= 4 is 17.9 Å². The summed E-state index contributed by atoms with van der Waals surface area (Å²) in [6.45, 7) is 1.23. The molecule has 5 rings (SSSR count). The number of nitrogens with zero attached hydrogens (tertiary/aromatic N) is 1. The Bertz CT molecular complexity index is 1150. The lowest BCUT2D eigenvalue weighted by atomic mass is 9.80. The minimum absolute atomic E-state index is 0.142. The number of alkyl carbamates (subject to hydrolysis) is 1. The number of hydrogen-bond acceptors (Lipinski definition) is 8. The Labute approximate surface area is 252 Å². The molecule has 0 radical (unpaired) electrons. The third kappa shape index (κ3) is 7.91. The average Bonchev–Trinajstić information content (AvgIpc) is 3.47. The first-order valence-electron chi connectivity index (χ1n) is 14.9. The number of benzene rings is 1. The highest BCUT2D eigenvalue weighted by Gasteiger charge is 2.51. The van der Waals surface area contributed by atoms with Crippen molar-refractivity contribution in [2.45, 2.75) is 74.3 Å². The first-order valence-corrected chi connectivity index (χ1v) is 14.9. The molecule has 0 spiro atoms. The van der Waals surface area contributed by atoms with E-state index in [0.717, 1.165) is 5.56 Å². The first kappa shape index (κ1) is 32.2. The van der Waals surface area contributed by atoms with Gasteiger partial charge in [-0.2, -0.15) is 0 Å². The number of amides is 3. The van der Waals surface area contributed by atoms with Crippen molar-refractivity contribution in [3.8, 4) is 5.75 Å². The third-order valence-electron chi connectivity index (χ3n) is 8.89. The standard InChI is InChI=1S/C29H39F4N5O6/c1-43-19-4-2-16(3-5-19)8-20-24(23(39)13-35-20)44-27(42)34-6-7-38-14-21(36-25(40)17-9-28(30,31)10-17)22(15-38)37-26(41)18-11-29(32,33)12-18/h2-5,17-18,20-24,35,39H,6-15H2,1H3,(H,34,42)(H,36,40)(H,37,41)/t20-,21-,22?,23+,24+/m1/s1. The van der Waals surface area contributed by atoms with Crippen molar-refractivity contribution in [2.24, 2.45) is 11.8 Å². The van der Waals surface area contributed by atoms with Crippen LogP contribution in [0.1, 0.15) is 31.2 Å². The summed E-state index contributed by atoms with van der Waals surface area (Å²) in [5, 5.41) is 21.7. The Morgan fingerprint density at radius 1 is 0.955 bits per heavy atom. The van der Waals surface area contributed by atoms with Gasteiger partial charge in [0.1, 0.15) is 18.0 Å². The predicted molar refractivity (Wildman–Crippen MR) is 148 cm³/mol. The molecule has 244 valence electrons. The molecule has 0 aromatic heterocycles. The maximum atomic E-state index is 13.3. The van der Waals surface area contributed by atoms with Crippen molar-refractivity contribution < 1.29 is 46.5 Å². The van der Waals surface area contributed by atoms with Crippen LogP contribution in [0.5, 0.6) is 5.75 Å². The van der Waals surface area contributed by atoms with Crippen LogP contribution < -0.4 is 26.0 Å². The monoisotopic (exact) mass is 629 g/mol. The SMILES string of the molecule is COc1ccc(C[C@H]2NC[C@H](O)[C@H]2OC(=O)NCCN2CC(NC(=O)C3CC(F)(F)C3)[C@H](NC(=O)C3CC(F)(F)C3)C2)cc1. The summed E-state index contributed by atoms with van der Waals surface area (Å²) in [6, 6.07) is 5.90. The van der Waals surface area contributed by atoms with Gasteiger partial charge in [-0.3, -0.25) is 14.5 Å². The lowest BCUT2D eigenvalue weighted by molar-refractivity contribution is -0.152. The molecule has 1 unspecified atom stereocenters. The van der Waals surface area contributed by atoms with Gasteiger partial charge in [0.25, 0.3) is 0 Å². The molecule has 3 amide bonds. The van der Waals surface area contributed by atoms with E-state index in [2.05, 4.69) is 21.3 Å². The highest BCUT2D eigenvalue weighted by Crippen LogP contribution is 2.43. The molecule has 11 nitrogen and oxygen atoms in total. The average molecular weight is 630 g/mol. The number of carbonyl (C=O) groups is 3. The number of likely N-dealkylation sites (tertiary alicyclic amines) is 1. The van der Waals surface area contributed by atoms with Gasteiger partial charge in [-0.25, -0.2) is 22.4 Å². The van der Waals surface area contributed by atoms with E-state index in [-0.39, 0.29) is 32.2 Å². The van der Waals surface area contributed by atoms with Gasteiger partial charge in [0, 0.05) is 70.2 Å². The van der Waals surface area contributed by atoms with E-state index in [1.165, 1.54) is 0 Å². The van der Waals surface area contributed by atoms with Crippen molar-refractivity contribution in [1.82, 2.24) is 26.2 Å². The molecule has 4 fully saturated rings. The van der Waals surface area contributed by atoms with Gasteiger partial charge >= 0.3 is 6.09 Å². The zero-order chi connectivity index (χ0) is 31.6. The number of β-amino-alcohol motifs (C(OH)–C–C–N with tert-alkyl or cyclic N) is 1. The number of carbonyl (C=O) groups excluding carboxylic acids is 3. The fourth-order valence-corrected chi connectivity index (χ4v) is 6.27. The number of rotatable bonds is 11. The van der Waals surface area contributed by atoms with Crippen LogP contribution in [0.15, 0.2) is 24.3 Å². The molecule has 0 bridgehead atoms. The zero-order valence-corrected chi connectivity index (χ0v) is 24.4. The van der Waals surface area contributed by atoms with E-state index >= 15 is 0 Å². The van der Waals surface area contributed by atoms with Crippen LogP contribution in [-0.2, 0) is 20.7 Å². The van der Waals surface area contributed by atoms with Gasteiger partial charge in [0.05, 0.1) is 25.2 Å².